The van der Waals surface area contributed by atoms with Gasteiger partial charge in [-0.3, -0.25) is 0 Å². The summed E-state index contributed by atoms with van der Waals surface area (Å²) in [6, 6.07) is 5.83. The smallest absolute Gasteiger partial charge is 0.258 e. The van der Waals surface area contributed by atoms with Crippen LogP contribution in [0, 0.1) is 12.8 Å². The van der Waals surface area contributed by atoms with Crippen LogP contribution in [0.3, 0.4) is 0 Å². The summed E-state index contributed by atoms with van der Waals surface area (Å²) in [6.07, 6.45) is 2.34. The summed E-state index contributed by atoms with van der Waals surface area (Å²) >= 11 is 3.50. The van der Waals surface area contributed by atoms with Crippen molar-refractivity contribution in [1.82, 2.24) is 10.1 Å². The predicted octanol–water partition coefficient (Wildman–Crippen LogP) is 3.22. The third-order valence-corrected chi connectivity index (χ3v) is 4.23. The lowest BCUT2D eigenvalue weighted by atomic mass is 10.1. The molecule has 1 aliphatic rings. The second-order valence-corrected chi connectivity index (χ2v) is 5.59. The molecule has 1 atom stereocenters. The first kappa shape index (κ1) is 11.9. The van der Waals surface area contributed by atoms with Gasteiger partial charge >= 0.3 is 0 Å². The Labute approximate surface area is 114 Å². The van der Waals surface area contributed by atoms with E-state index in [-0.39, 0.29) is 6.04 Å². The Bertz CT molecular complexity index is 577. The van der Waals surface area contributed by atoms with Crippen molar-refractivity contribution in [2.24, 2.45) is 11.7 Å². The number of halogens is 1. The standard InChI is InChI=1S/C13H14BrN3O/c1-7-9(3-2-4-10(7)14)13-16-12(17-18-13)11(15)8-5-6-8/h2-4,8,11H,5-6,15H2,1H3. The lowest BCUT2D eigenvalue weighted by molar-refractivity contribution is 0.411. The van der Waals surface area contributed by atoms with E-state index in [2.05, 4.69) is 26.1 Å². The van der Waals surface area contributed by atoms with Crippen molar-refractivity contribution in [1.29, 1.82) is 0 Å². The minimum Gasteiger partial charge on any atom is -0.334 e. The molecule has 3 rings (SSSR count). The van der Waals surface area contributed by atoms with E-state index in [4.69, 9.17) is 10.3 Å². The number of hydrogen-bond donors (Lipinski definition) is 1. The Morgan fingerprint density at radius 3 is 2.94 bits per heavy atom. The highest BCUT2D eigenvalue weighted by Gasteiger charge is 2.32. The van der Waals surface area contributed by atoms with Crippen molar-refractivity contribution in [2.45, 2.75) is 25.8 Å². The molecule has 0 bridgehead atoms. The highest BCUT2D eigenvalue weighted by atomic mass is 79.9. The Morgan fingerprint density at radius 2 is 2.22 bits per heavy atom. The fourth-order valence-electron chi connectivity index (χ4n) is 1.98. The van der Waals surface area contributed by atoms with Crippen LogP contribution in [0.5, 0.6) is 0 Å². The molecule has 0 amide bonds. The monoisotopic (exact) mass is 307 g/mol. The van der Waals surface area contributed by atoms with Crippen LogP contribution in [-0.4, -0.2) is 10.1 Å². The lowest BCUT2D eigenvalue weighted by Crippen LogP contribution is -2.13. The molecule has 94 valence electrons. The van der Waals surface area contributed by atoms with Gasteiger partial charge in [0.2, 0.25) is 0 Å². The minimum absolute atomic E-state index is 0.0880. The highest BCUT2D eigenvalue weighted by molar-refractivity contribution is 9.10. The number of benzene rings is 1. The molecule has 1 heterocycles. The second kappa shape index (κ2) is 4.48. The van der Waals surface area contributed by atoms with Gasteiger partial charge in [-0.2, -0.15) is 4.98 Å². The van der Waals surface area contributed by atoms with Gasteiger partial charge in [0.25, 0.3) is 5.89 Å². The number of rotatable bonds is 3. The third kappa shape index (κ3) is 2.08. The Morgan fingerprint density at radius 1 is 1.44 bits per heavy atom. The predicted molar refractivity (Wildman–Crippen MR) is 71.8 cm³/mol. The molecule has 5 heteroatoms. The van der Waals surface area contributed by atoms with Crippen molar-refractivity contribution >= 4 is 15.9 Å². The summed E-state index contributed by atoms with van der Waals surface area (Å²) in [4.78, 5) is 4.42. The molecule has 0 saturated heterocycles. The van der Waals surface area contributed by atoms with Crippen LogP contribution in [-0.2, 0) is 0 Å². The van der Waals surface area contributed by atoms with Crippen molar-refractivity contribution in [3.05, 3.63) is 34.1 Å². The van der Waals surface area contributed by atoms with Gasteiger partial charge in [-0.15, -0.1) is 0 Å². The number of nitrogens with zero attached hydrogens (tertiary/aromatic N) is 2. The first-order chi connectivity index (χ1) is 8.66. The molecule has 1 saturated carbocycles. The average molecular weight is 308 g/mol. The normalized spacial score (nSPS) is 16.8. The molecule has 1 aliphatic carbocycles. The molecule has 18 heavy (non-hydrogen) atoms. The summed E-state index contributed by atoms with van der Waals surface area (Å²) in [6.45, 7) is 2.02. The average Bonchev–Trinajstić information content (AvgIpc) is 3.10. The van der Waals surface area contributed by atoms with E-state index in [1.165, 1.54) is 12.8 Å². The summed E-state index contributed by atoms with van der Waals surface area (Å²) in [5, 5.41) is 4.00. The van der Waals surface area contributed by atoms with Crippen LogP contribution in [0.1, 0.15) is 30.3 Å². The Balaban J connectivity index is 1.94. The SMILES string of the molecule is Cc1c(Br)cccc1-c1nc(C(N)C2CC2)no1. The van der Waals surface area contributed by atoms with Gasteiger partial charge < -0.3 is 10.3 Å². The maximum absolute atomic E-state index is 6.07. The third-order valence-electron chi connectivity index (χ3n) is 3.37. The van der Waals surface area contributed by atoms with E-state index in [1.807, 2.05) is 25.1 Å². The van der Waals surface area contributed by atoms with E-state index < -0.39 is 0 Å². The molecule has 2 N–H and O–H groups in total. The van der Waals surface area contributed by atoms with Gasteiger partial charge in [-0.1, -0.05) is 27.2 Å². The maximum atomic E-state index is 6.07. The Kier molecular flexibility index (Phi) is 2.95. The van der Waals surface area contributed by atoms with Gasteiger partial charge in [-0.25, -0.2) is 0 Å². The van der Waals surface area contributed by atoms with E-state index in [0.717, 1.165) is 15.6 Å². The first-order valence-corrected chi connectivity index (χ1v) is 6.81. The molecular weight excluding hydrogens is 294 g/mol. The Hall–Kier alpha value is -1.20. The quantitative estimate of drug-likeness (QED) is 0.945. The molecule has 2 aromatic rings. The molecule has 0 aliphatic heterocycles. The first-order valence-electron chi connectivity index (χ1n) is 6.01. The van der Waals surface area contributed by atoms with E-state index >= 15 is 0 Å². The summed E-state index contributed by atoms with van der Waals surface area (Å²) in [7, 11) is 0. The van der Waals surface area contributed by atoms with Gasteiger partial charge in [0.15, 0.2) is 5.82 Å². The van der Waals surface area contributed by atoms with Crippen molar-refractivity contribution < 1.29 is 4.52 Å². The number of nitrogens with two attached hydrogens (primary N) is 1. The summed E-state index contributed by atoms with van der Waals surface area (Å²) in [5.41, 5.74) is 8.11. The zero-order chi connectivity index (χ0) is 12.7. The van der Waals surface area contributed by atoms with E-state index in [1.54, 1.807) is 0 Å². The summed E-state index contributed by atoms with van der Waals surface area (Å²) < 4.78 is 6.36. The molecule has 4 nitrogen and oxygen atoms in total. The highest BCUT2D eigenvalue weighted by Crippen LogP contribution is 2.39. The van der Waals surface area contributed by atoms with E-state index in [0.29, 0.717) is 17.6 Å². The topological polar surface area (TPSA) is 64.9 Å². The molecule has 1 unspecified atom stereocenters. The maximum Gasteiger partial charge on any atom is 0.258 e. The zero-order valence-electron chi connectivity index (χ0n) is 10.1. The molecule has 1 fully saturated rings. The van der Waals surface area contributed by atoms with E-state index in [9.17, 15) is 0 Å². The largest absolute Gasteiger partial charge is 0.334 e. The zero-order valence-corrected chi connectivity index (χ0v) is 11.6. The van der Waals surface area contributed by atoms with Crippen molar-refractivity contribution in [2.75, 3.05) is 0 Å². The molecule has 0 radical (unpaired) electrons. The van der Waals surface area contributed by atoms with Crippen molar-refractivity contribution in [3.63, 3.8) is 0 Å². The van der Waals surface area contributed by atoms with Crippen LogP contribution < -0.4 is 5.73 Å². The minimum atomic E-state index is -0.0880. The van der Waals surface area contributed by atoms with Gasteiger partial charge in [0.1, 0.15) is 0 Å². The van der Waals surface area contributed by atoms with Crippen molar-refractivity contribution in [3.8, 4) is 11.5 Å². The van der Waals surface area contributed by atoms with Crippen LogP contribution in [0.2, 0.25) is 0 Å². The molecule has 0 spiro atoms. The second-order valence-electron chi connectivity index (χ2n) is 4.73. The van der Waals surface area contributed by atoms with Gasteiger partial charge in [0, 0.05) is 10.0 Å². The summed E-state index contributed by atoms with van der Waals surface area (Å²) in [5.74, 6) is 1.69. The van der Waals surface area contributed by atoms with Crippen LogP contribution in [0.25, 0.3) is 11.5 Å². The van der Waals surface area contributed by atoms with Gasteiger partial charge in [-0.05, 0) is 43.4 Å². The lowest BCUT2D eigenvalue weighted by Gasteiger charge is -2.03. The fraction of sp³-hybridized carbons (Fsp3) is 0.385. The van der Waals surface area contributed by atoms with Crippen LogP contribution >= 0.6 is 15.9 Å². The molecule has 1 aromatic carbocycles. The van der Waals surface area contributed by atoms with Crippen LogP contribution in [0.15, 0.2) is 27.2 Å². The van der Waals surface area contributed by atoms with Gasteiger partial charge in [0.05, 0.1) is 6.04 Å². The molecule has 1 aromatic heterocycles. The van der Waals surface area contributed by atoms with Crippen LogP contribution in [0.4, 0.5) is 0 Å². The number of hydrogen-bond acceptors (Lipinski definition) is 4. The fourth-order valence-corrected chi connectivity index (χ4v) is 2.35. The molecular formula is C13H14BrN3O. The number of aromatic nitrogens is 2.